The van der Waals surface area contributed by atoms with Crippen LogP contribution < -0.4 is 10.1 Å². The van der Waals surface area contributed by atoms with Crippen LogP contribution in [0.2, 0.25) is 0 Å². The second-order valence-corrected chi connectivity index (χ2v) is 7.43. The largest absolute Gasteiger partial charge is 0.492 e. The Balaban J connectivity index is 1.46. The highest BCUT2D eigenvalue weighted by Gasteiger charge is 2.55. The molecule has 0 saturated carbocycles. The number of pyridine rings is 2. The zero-order chi connectivity index (χ0) is 19.6. The molecule has 2 aromatic rings. The van der Waals surface area contributed by atoms with Crippen molar-refractivity contribution in [2.45, 2.75) is 19.8 Å². The van der Waals surface area contributed by atoms with Crippen LogP contribution in [0.15, 0.2) is 42.9 Å². The molecule has 4 rings (SSSR count). The van der Waals surface area contributed by atoms with Crippen LogP contribution in [0.4, 0.5) is 0 Å². The number of likely N-dealkylation sites (tertiary alicyclic amines) is 1. The number of nitrogens with zero attached hydrogens (tertiary/aromatic N) is 3. The van der Waals surface area contributed by atoms with Crippen LogP contribution in [0.5, 0.6) is 5.75 Å². The van der Waals surface area contributed by atoms with Gasteiger partial charge >= 0.3 is 0 Å². The third kappa shape index (κ3) is 3.32. The summed E-state index contributed by atoms with van der Waals surface area (Å²) in [6.45, 7) is 3.98. The first-order valence-corrected chi connectivity index (χ1v) is 9.68. The van der Waals surface area contributed by atoms with Gasteiger partial charge in [-0.1, -0.05) is 6.92 Å². The molecular weight excluding hydrogens is 356 g/mol. The monoisotopic (exact) mass is 380 g/mol. The molecule has 2 saturated heterocycles. The number of carbonyl (C=O) groups is 2. The van der Waals surface area contributed by atoms with Gasteiger partial charge in [-0.2, -0.15) is 0 Å². The molecule has 2 fully saturated rings. The van der Waals surface area contributed by atoms with E-state index in [0.717, 1.165) is 12.1 Å². The molecule has 2 amide bonds. The van der Waals surface area contributed by atoms with Gasteiger partial charge in [0.2, 0.25) is 5.91 Å². The normalized spacial score (nSPS) is 23.8. The first kappa shape index (κ1) is 18.4. The summed E-state index contributed by atoms with van der Waals surface area (Å²) in [6.07, 6.45) is 6.46. The molecule has 1 spiro atoms. The molecule has 0 unspecified atom stereocenters. The van der Waals surface area contributed by atoms with Crippen LogP contribution in [0.1, 0.15) is 29.4 Å². The fraction of sp³-hybridized carbons (Fsp3) is 0.429. The minimum Gasteiger partial charge on any atom is -0.492 e. The van der Waals surface area contributed by atoms with Gasteiger partial charge in [0.15, 0.2) is 0 Å². The molecule has 0 aromatic carbocycles. The molecule has 2 aromatic heterocycles. The van der Waals surface area contributed by atoms with Crippen molar-refractivity contribution in [3.63, 3.8) is 0 Å². The van der Waals surface area contributed by atoms with E-state index < -0.39 is 5.41 Å². The highest BCUT2D eigenvalue weighted by atomic mass is 16.5. The van der Waals surface area contributed by atoms with E-state index in [1.807, 2.05) is 31.2 Å². The lowest BCUT2D eigenvalue weighted by atomic mass is 9.77. The number of rotatable bonds is 5. The van der Waals surface area contributed by atoms with Crippen molar-refractivity contribution in [3.05, 3.63) is 54.1 Å². The van der Waals surface area contributed by atoms with Crippen molar-refractivity contribution in [1.82, 2.24) is 20.2 Å². The second-order valence-electron chi connectivity index (χ2n) is 7.43. The van der Waals surface area contributed by atoms with E-state index in [-0.39, 0.29) is 17.7 Å². The SMILES string of the molecule is CCc1ccc(C(=O)N2CC[C@]3(C2)C(=O)NC[C@@H]3COc2cccnc2)cn1. The molecule has 0 aliphatic carbocycles. The summed E-state index contributed by atoms with van der Waals surface area (Å²) in [5.41, 5.74) is 0.933. The van der Waals surface area contributed by atoms with Crippen LogP contribution in [-0.2, 0) is 11.2 Å². The van der Waals surface area contributed by atoms with Gasteiger partial charge in [-0.05, 0) is 37.1 Å². The summed E-state index contributed by atoms with van der Waals surface area (Å²) < 4.78 is 5.86. The number of hydrogen-bond donors (Lipinski definition) is 1. The van der Waals surface area contributed by atoms with E-state index in [1.54, 1.807) is 23.5 Å². The Morgan fingerprint density at radius 1 is 1.36 bits per heavy atom. The number of aryl methyl sites for hydroxylation is 1. The van der Waals surface area contributed by atoms with E-state index in [0.29, 0.717) is 44.0 Å². The van der Waals surface area contributed by atoms with Gasteiger partial charge in [0.25, 0.3) is 5.91 Å². The predicted octanol–water partition coefficient (Wildman–Crippen LogP) is 1.70. The average Bonchev–Trinajstić information content (AvgIpc) is 3.32. The van der Waals surface area contributed by atoms with Crippen LogP contribution in [0.3, 0.4) is 0 Å². The maximum atomic E-state index is 12.9. The van der Waals surface area contributed by atoms with Crippen molar-refractivity contribution in [3.8, 4) is 5.75 Å². The Hall–Kier alpha value is -2.96. The number of nitrogens with one attached hydrogen (secondary N) is 1. The Morgan fingerprint density at radius 3 is 2.96 bits per heavy atom. The lowest BCUT2D eigenvalue weighted by Gasteiger charge is -2.28. The lowest BCUT2D eigenvalue weighted by Crippen LogP contribution is -2.41. The van der Waals surface area contributed by atoms with E-state index >= 15 is 0 Å². The zero-order valence-electron chi connectivity index (χ0n) is 15.9. The molecule has 7 nitrogen and oxygen atoms in total. The average molecular weight is 380 g/mol. The number of carbonyl (C=O) groups excluding carboxylic acids is 2. The molecular formula is C21H24N4O3. The standard InChI is InChI=1S/C21H24N4O3/c1-2-17-6-5-15(10-23-17)19(26)25-9-7-21(14-25)16(11-24-20(21)27)13-28-18-4-3-8-22-12-18/h3-6,8,10,12,16H,2,7,9,11,13-14H2,1H3,(H,24,27)/t16-,21-/m1/s1. The Labute approximate surface area is 164 Å². The highest BCUT2D eigenvalue weighted by Crippen LogP contribution is 2.42. The van der Waals surface area contributed by atoms with Crippen LogP contribution in [0, 0.1) is 11.3 Å². The molecule has 0 radical (unpaired) electrons. The minimum absolute atomic E-state index is 0.0126. The fourth-order valence-corrected chi connectivity index (χ4v) is 4.09. The molecule has 0 bridgehead atoms. The lowest BCUT2D eigenvalue weighted by molar-refractivity contribution is -0.128. The summed E-state index contributed by atoms with van der Waals surface area (Å²) in [6, 6.07) is 7.36. The van der Waals surface area contributed by atoms with Gasteiger partial charge < -0.3 is 15.0 Å². The van der Waals surface area contributed by atoms with Crippen LogP contribution >= 0.6 is 0 Å². The second kappa shape index (κ2) is 7.58. The topological polar surface area (TPSA) is 84.4 Å². The van der Waals surface area contributed by atoms with Gasteiger partial charge in [0.05, 0.1) is 23.8 Å². The smallest absolute Gasteiger partial charge is 0.255 e. The summed E-state index contributed by atoms with van der Waals surface area (Å²) in [5, 5.41) is 2.97. The maximum Gasteiger partial charge on any atom is 0.255 e. The van der Waals surface area contributed by atoms with Gasteiger partial charge in [-0.25, -0.2) is 0 Å². The van der Waals surface area contributed by atoms with E-state index in [1.165, 1.54) is 0 Å². The molecule has 4 heterocycles. The number of aromatic nitrogens is 2. The summed E-state index contributed by atoms with van der Waals surface area (Å²) in [5.74, 6) is 0.643. The molecule has 2 aliphatic heterocycles. The maximum absolute atomic E-state index is 12.9. The number of ether oxygens (including phenoxy) is 1. The van der Waals surface area contributed by atoms with Crippen molar-refractivity contribution < 1.29 is 14.3 Å². The molecule has 7 heteroatoms. The summed E-state index contributed by atoms with van der Waals surface area (Å²) in [7, 11) is 0. The number of amides is 2. The fourth-order valence-electron chi connectivity index (χ4n) is 4.09. The molecule has 146 valence electrons. The quantitative estimate of drug-likeness (QED) is 0.853. The highest BCUT2D eigenvalue weighted by molar-refractivity contribution is 5.95. The number of hydrogen-bond acceptors (Lipinski definition) is 5. The van der Waals surface area contributed by atoms with Gasteiger partial charge in [-0.3, -0.25) is 19.6 Å². The van der Waals surface area contributed by atoms with Crippen LogP contribution in [0.25, 0.3) is 0 Å². The molecule has 28 heavy (non-hydrogen) atoms. The van der Waals surface area contributed by atoms with Crippen molar-refractivity contribution in [2.24, 2.45) is 11.3 Å². The van der Waals surface area contributed by atoms with E-state index in [2.05, 4.69) is 15.3 Å². The predicted molar refractivity (Wildman–Crippen MR) is 103 cm³/mol. The van der Waals surface area contributed by atoms with Crippen molar-refractivity contribution in [2.75, 3.05) is 26.2 Å². The molecule has 2 aliphatic rings. The van der Waals surface area contributed by atoms with E-state index in [9.17, 15) is 9.59 Å². The Kier molecular flexibility index (Phi) is 4.98. The van der Waals surface area contributed by atoms with Crippen LogP contribution in [-0.4, -0.2) is 52.9 Å². The van der Waals surface area contributed by atoms with Gasteiger partial charge in [0, 0.05) is 43.6 Å². The first-order valence-electron chi connectivity index (χ1n) is 9.68. The third-order valence-corrected chi connectivity index (χ3v) is 5.85. The third-order valence-electron chi connectivity index (χ3n) is 5.85. The minimum atomic E-state index is -0.589. The summed E-state index contributed by atoms with van der Waals surface area (Å²) in [4.78, 5) is 35.7. The van der Waals surface area contributed by atoms with E-state index in [4.69, 9.17) is 4.74 Å². The zero-order valence-corrected chi connectivity index (χ0v) is 15.9. The Bertz CT molecular complexity index is 856. The van der Waals surface area contributed by atoms with Gasteiger partial charge in [0.1, 0.15) is 5.75 Å². The first-order chi connectivity index (χ1) is 13.6. The Morgan fingerprint density at radius 2 is 2.25 bits per heavy atom. The van der Waals surface area contributed by atoms with Crippen molar-refractivity contribution in [1.29, 1.82) is 0 Å². The van der Waals surface area contributed by atoms with Crippen molar-refractivity contribution >= 4 is 11.8 Å². The summed E-state index contributed by atoms with van der Waals surface area (Å²) >= 11 is 0. The van der Waals surface area contributed by atoms with Gasteiger partial charge in [-0.15, -0.1) is 0 Å². The molecule has 1 N–H and O–H groups in total. The molecule has 2 atom stereocenters.